The van der Waals surface area contributed by atoms with Crippen molar-refractivity contribution in [2.45, 2.75) is 4.90 Å². The lowest BCUT2D eigenvalue weighted by Gasteiger charge is -2.12. The molecule has 2 aromatic carbocycles. The molecule has 0 aliphatic rings. The van der Waals surface area contributed by atoms with E-state index in [2.05, 4.69) is 10.1 Å². The zero-order valence-electron chi connectivity index (χ0n) is 11.1. The molecule has 0 aromatic heterocycles. The SMILES string of the molecule is COc1ccc(NS(=O)(=O)c2ccccc2NN)cc1Cl. The Kier molecular flexibility index (Phi) is 4.56. The lowest BCUT2D eigenvalue weighted by Crippen LogP contribution is -2.17. The summed E-state index contributed by atoms with van der Waals surface area (Å²) in [5, 5.41) is 0.308. The van der Waals surface area contributed by atoms with Crippen molar-refractivity contribution < 1.29 is 13.2 Å². The summed E-state index contributed by atoms with van der Waals surface area (Å²) in [6, 6.07) is 10.9. The molecule has 0 fully saturated rings. The first-order chi connectivity index (χ1) is 9.97. The van der Waals surface area contributed by atoms with Crippen molar-refractivity contribution in [3.05, 3.63) is 47.5 Å². The molecule has 0 aliphatic carbocycles. The zero-order valence-corrected chi connectivity index (χ0v) is 12.7. The molecule has 0 saturated heterocycles. The largest absolute Gasteiger partial charge is 0.495 e. The maximum absolute atomic E-state index is 12.4. The van der Waals surface area contributed by atoms with Gasteiger partial charge in [-0.15, -0.1) is 0 Å². The first kappa shape index (κ1) is 15.4. The lowest BCUT2D eigenvalue weighted by atomic mass is 10.3. The number of halogens is 1. The summed E-state index contributed by atoms with van der Waals surface area (Å²) in [6.45, 7) is 0. The van der Waals surface area contributed by atoms with E-state index in [1.54, 1.807) is 30.3 Å². The standard InChI is InChI=1S/C13H14ClN3O3S/c1-20-12-7-6-9(8-10(12)14)17-21(18,19)13-5-3-2-4-11(13)16-15/h2-8,16-17H,15H2,1H3. The van der Waals surface area contributed by atoms with Gasteiger partial charge in [-0.3, -0.25) is 10.6 Å². The zero-order chi connectivity index (χ0) is 15.5. The fourth-order valence-electron chi connectivity index (χ4n) is 1.76. The van der Waals surface area contributed by atoms with Crippen molar-refractivity contribution in [1.82, 2.24) is 0 Å². The van der Waals surface area contributed by atoms with Crippen LogP contribution in [-0.2, 0) is 10.0 Å². The number of nitrogens with one attached hydrogen (secondary N) is 2. The van der Waals surface area contributed by atoms with Crippen LogP contribution >= 0.6 is 11.6 Å². The van der Waals surface area contributed by atoms with Crippen LogP contribution in [-0.4, -0.2) is 15.5 Å². The van der Waals surface area contributed by atoms with Gasteiger partial charge in [-0.1, -0.05) is 23.7 Å². The normalized spacial score (nSPS) is 11.0. The number of methoxy groups -OCH3 is 1. The third kappa shape index (κ3) is 3.38. The number of hydrogen-bond donors (Lipinski definition) is 3. The molecule has 8 heteroatoms. The average Bonchev–Trinajstić information content (AvgIpc) is 2.47. The molecule has 2 rings (SSSR count). The predicted octanol–water partition coefficient (Wildman–Crippen LogP) is 2.43. The molecule has 2 aromatic rings. The van der Waals surface area contributed by atoms with Gasteiger partial charge in [0.1, 0.15) is 10.6 Å². The van der Waals surface area contributed by atoms with Gasteiger partial charge in [-0.05, 0) is 30.3 Å². The van der Waals surface area contributed by atoms with Crippen molar-refractivity contribution in [2.75, 3.05) is 17.3 Å². The summed E-state index contributed by atoms with van der Waals surface area (Å²) >= 11 is 5.97. The second-order valence-electron chi connectivity index (χ2n) is 4.10. The molecule has 6 nitrogen and oxygen atoms in total. The third-order valence-corrected chi connectivity index (χ3v) is 4.47. The summed E-state index contributed by atoms with van der Waals surface area (Å²) in [4.78, 5) is 0.0411. The molecule has 4 N–H and O–H groups in total. The molecule has 0 bridgehead atoms. The highest BCUT2D eigenvalue weighted by atomic mass is 35.5. The van der Waals surface area contributed by atoms with E-state index in [1.807, 2.05) is 0 Å². The highest BCUT2D eigenvalue weighted by molar-refractivity contribution is 7.92. The molecule has 0 atom stereocenters. The number of benzene rings is 2. The highest BCUT2D eigenvalue weighted by Gasteiger charge is 2.18. The third-order valence-electron chi connectivity index (χ3n) is 2.74. The summed E-state index contributed by atoms with van der Waals surface area (Å²) in [6.07, 6.45) is 0. The van der Waals surface area contributed by atoms with Crippen LogP contribution < -0.4 is 20.7 Å². The number of hydrogen-bond acceptors (Lipinski definition) is 5. The molecular formula is C13H14ClN3O3S. The summed E-state index contributed by atoms with van der Waals surface area (Å²) in [5.41, 5.74) is 2.97. The quantitative estimate of drug-likeness (QED) is 0.579. The van der Waals surface area contributed by atoms with E-state index in [0.29, 0.717) is 22.1 Å². The first-order valence-electron chi connectivity index (χ1n) is 5.90. The Labute approximate surface area is 127 Å². The highest BCUT2D eigenvalue weighted by Crippen LogP contribution is 2.29. The number of hydrazine groups is 1. The van der Waals surface area contributed by atoms with E-state index < -0.39 is 10.0 Å². The number of para-hydroxylation sites is 1. The van der Waals surface area contributed by atoms with Crippen molar-refractivity contribution in [3.8, 4) is 5.75 Å². The fourth-order valence-corrected chi connectivity index (χ4v) is 3.24. The van der Waals surface area contributed by atoms with Crippen molar-refractivity contribution >= 4 is 33.0 Å². The Morgan fingerprint density at radius 2 is 1.90 bits per heavy atom. The maximum atomic E-state index is 12.4. The van der Waals surface area contributed by atoms with E-state index in [4.69, 9.17) is 22.2 Å². The van der Waals surface area contributed by atoms with Gasteiger partial charge in [0.2, 0.25) is 0 Å². The molecule has 0 amide bonds. The van der Waals surface area contributed by atoms with Crippen LogP contribution in [0.25, 0.3) is 0 Å². The molecule has 21 heavy (non-hydrogen) atoms. The number of ether oxygens (including phenoxy) is 1. The number of anilines is 2. The minimum atomic E-state index is -3.78. The molecule has 0 heterocycles. The smallest absolute Gasteiger partial charge is 0.264 e. The van der Waals surface area contributed by atoms with Crippen LogP contribution in [0.2, 0.25) is 5.02 Å². The van der Waals surface area contributed by atoms with Crippen molar-refractivity contribution in [3.63, 3.8) is 0 Å². The summed E-state index contributed by atoms with van der Waals surface area (Å²) < 4.78 is 32.2. The minimum Gasteiger partial charge on any atom is -0.495 e. The van der Waals surface area contributed by atoms with Crippen molar-refractivity contribution in [1.29, 1.82) is 0 Å². The molecule has 0 radical (unpaired) electrons. The van der Waals surface area contributed by atoms with Gasteiger partial charge in [0.05, 0.1) is 23.5 Å². The van der Waals surface area contributed by atoms with Gasteiger partial charge in [-0.25, -0.2) is 8.42 Å². The van der Waals surface area contributed by atoms with Gasteiger partial charge in [-0.2, -0.15) is 0 Å². The Morgan fingerprint density at radius 1 is 1.19 bits per heavy atom. The van der Waals surface area contributed by atoms with E-state index in [1.165, 1.54) is 19.2 Å². The Balaban J connectivity index is 2.35. The molecule has 0 saturated carbocycles. The number of rotatable bonds is 5. The number of nitrogen functional groups attached to an aromatic ring is 1. The van der Waals surface area contributed by atoms with Gasteiger partial charge in [0.15, 0.2) is 0 Å². The predicted molar refractivity (Wildman–Crippen MR) is 83.1 cm³/mol. The second-order valence-corrected chi connectivity index (χ2v) is 6.15. The Morgan fingerprint density at radius 3 is 2.52 bits per heavy atom. The monoisotopic (exact) mass is 327 g/mol. The average molecular weight is 328 g/mol. The van der Waals surface area contributed by atoms with E-state index >= 15 is 0 Å². The number of nitrogens with two attached hydrogens (primary N) is 1. The van der Waals surface area contributed by atoms with Crippen molar-refractivity contribution in [2.24, 2.45) is 5.84 Å². The second kappa shape index (κ2) is 6.21. The Hall–Kier alpha value is -1.96. The minimum absolute atomic E-state index is 0.0411. The van der Waals surface area contributed by atoms with E-state index in [0.717, 1.165) is 0 Å². The van der Waals surface area contributed by atoms with E-state index in [9.17, 15) is 8.42 Å². The Bertz CT molecular complexity index is 750. The fraction of sp³-hybridized carbons (Fsp3) is 0.0769. The van der Waals surface area contributed by atoms with Crippen LogP contribution in [0.3, 0.4) is 0 Å². The number of sulfonamides is 1. The van der Waals surface area contributed by atoms with E-state index in [-0.39, 0.29) is 4.90 Å². The molecule has 0 aliphatic heterocycles. The van der Waals surface area contributed by atoms with Gasteiger partial charge in [0, 0.05) is 0 Å². The molecule has 0 spiro atoms. The van der Waals surface area contributed by atoms with Crippen LogP contribution in [0.1, 0.15) is 0 Å². The van der Waals surface area contributed by atoms with Crippen LogP contribution in [0.5, 0.6) is 5.75 Å². The topological polar surface area (TPSA) is 93.4 Å². The summed E-state index contributed by atoms with van der Waals surface area (Å²) in [7, 11) is -2.30. The van der Waals surface area contributed by atoms with Crippen LogP contribution in [0.4, 0.5) is 11.4 Å². The van der Waals surface area contributed by atoms with Crippen LogP contribution in [0, 0.1) is 0 Å². The van der Waals surface area contributed by atoms with Gasteiger partial charge < -0.3 is 10.2 Å². The lowest BCUT2D eigenvalue weighted by molar-refractivity contribution is 0.415. The maximum Gasteiger partial charge on any atom is 0.264 e. The van der Waals surface area contributed by atoms with Gasteiger partial charge in [0.25, 0.3) is 10.0 Å². The van der Waals surface area contributed by atoms with Crippen LogP contribution in [0.15, 0.2) is 47.4 Å². The molecule has 112 valence electrons. The summed E-state index contributed by atoms with van der Waals surface area (Å²) in [5.74, 6) is 5.78. The molecule has 0 unspecified atom stereocenters. The van der Waals surface area contributed by atoms with Gasteiger partial charge >= 0.3 is 0 Å². The molecular weight excluding hydrogens is 314 g/mol. The first-order valence-corrected chi connectivity index (χ1v) is 7.76.